The predicted molar refractivity (Wildman–Crippen MR) is 78.6 cm³/mol. The minimum atomic E-state index is -1.61. The third-order valence-electron chi connectivity index (χ3n) is 2.83. The van der Waals surface area contributed by atoms with Crippen molar-refractivity contribution in [2.45, 2.75) is 32.2 Å². The molecule has 0 spiro atoms. The van der Waals surface area contributed by atoms with Crippen LogP contribution in [0.2, 0.25) is 0 Å². The van der Waals surface area contributed by atoms with Crippen molar-refractivity contribution in [2.75, 3.05) is 13.2 Å². The van der Waals surface area contributed by atoms with Crippen LogP contribution in [-0.2, 0) is 4.74 Å². The summed E-state index contributed by atoms with van der Waals surface area (Å²) in [4.78, 5) is 27.8. The number of hydrogen-bond donors (Lipinski definition) is 5. The lowest BCUT2D eigenvalue weighted by Crippen LogP contribution is -2.34. The van der Waals surface area contributed by atoms with E-state index in [1.165, 1.54) is 6.20 Å². The molecular formula is C12H19N5O6. The molecule has 0 aliphatic rings. The van der Waals surface area contributed by atoms with Crippen molar-refractivity contribution in [2.24, 2.45) is 10.3 Å². The number of nitrogens with one attached hydrogen (secondary N) is 2. The third kappa shape index (κ3) is 5.39. The van der Waals surface area contributed by atoms with Gasteiger partial charge in [0.15, 0.2) is 5.82 Å². The molecule has 3 atom stereocenters. The lowest BCUT2D eigenvalue weighted by molar-refractivity contribution is -0.0579. The highest BCUT2D eigenvalue weighted by Gasteiger charge is 2.27. The topological polar surface area (TPSA) is 169 Å². The lowest BCUT2D eigenvalue weighted by atomic mass is 10.1. The van der Waals surface area contributed by atoms with Crippen molar-refractivity contribution in [3.05, 3.63) is 22.6 Å². The number of H-pyrrole nitrogens is 1. The number of nitrogens with zero attached hydrogens (tertiary/aromatic N) is 3. The molecule has 23 heavy (non-hydrogen) atoms. The first-order chi connectivity index (χ1) is 10.9. The molecule has 5 N–H and O–H groups in total. The van der Waals surface area contributed by atoms with Gasteiger partial charge in [-0.2, -0.15) is 10.0 Å². The van der Waals surface area contributed by atoms with Gasteiger partial charge in [-0.3, -0.25) is 0 Å². The van der Waals surface area contributed by atoms with Gasteiger partial charge >= 0.3 is 6.09 Å². The molecule has 0 radical (unpaired) electrons. The SMILES string of the molecule is CCOC(=O)N/N=C(\C)c1ncc([C@@H](O)[C@H](O)[C@H](O)CN=O)[nH]1. The second-order valence-corrected chi connectivity index (χ2v) is 4.53. The Morgan fingerprint density at radius 2 is 2.17 bits per heavy atom. The van der Waals surface area contributed by atoms with Crippen LogP contribution >= 0.6 is 0 Å². The largest absolute Gasteiger partial charge is 0.449 e. The van der Waals surface area contributed by atoms with Crippen LogP contribution in [0.1, 0.15) is 31.5 Å². The Labute approximate surface area is 131 Å². The fourth-order valence-corrected chi connectivity index (χ4v) is 1.59. The smallest absolute Gasteiger partial charge is 0.427 e. The number of ether oxygens (including phenoxy) is 1. The van der Waals surface area contributed by atoms with E-state index in [0.29, 0.717) is 5.71 Å². The first kappa shape index (κ1) is 18.7. The van der Waals surface area contributed by atoms with E-state index in [9.17, 15) is 25.0 Å². The van der Waals surface area contributed by atoms with Crippen LogP contribution in [0.3, 0.4) is 0 Å². The number of aromatic amines is 1. The molecule has 1 aromatic rings. The first-order valence-corrected chi connectivity index (χ1v) is 6.76. The maximum atomic E-state index is 11.1. The van der Waals surface area contributed by atoms with E-state index in [4.69, 9.17) is 0 Å². The van der Waals surface area contributed by atoms with Gasteiger partial charge in [-0.05, 0) is 13.8 Å². The highest BCUT2D eigenvalue weighted by atomic mass is 16.5. The number of carbonyl (C=O) groups excluding carboxylic acids is 1. The molecule has 1 rings (SSSR count). The Balaban J connectivity index is 2.74. The summed E-state index contributed by atoms with van der Waals surface area (Å²) in [5.74, 6) is 0.228. The molecule has 1 aromatic heterocycles. The zero-order valence-corrected chi connectivity index (χ0v) is 12.6. The number of rotatable bonds is 8. The van der Waals surface area contributed by atoms with Crippen molar-refractivity contribution in [1.29, 1.82) is 0 Å². The van der Waals surface area contributed by atoms with E-state index >= 15 is 0 Å². The maximum Gasteiger partial charge on any atom is 0.427 e. The van der Waals surface area contributed by atoms with Gasteiger partial charge in [0.05, 0.1) is 18.5 Å². The summed E-state index contributed by atoms with van der Waals surface area (Å²) < 4.78 is 4.63. The molecular weight excluding hydrogens is 310 g/mol. The number of aromatic nitrogens is 2. The average Bonchev–Trinajstić information content (AvgIpc) is 3.01. The predicted octanol–water partition coefficient (Wildman–Crippen LogP) is -0.599. The van der Waals surface area contributed by atoms with Gasteiger partial charge in [0.1, 0.15) is 30.6 Å². The number of aliphatic hydroxyl groups excluding tert-OH is 3. The van der Waals surface area contributed by atoms with Crippen molar-refractivity contribution in [3.63, 3.8) is 0 Å². The quantitative estimate of drug-likeness (QED) is 0.241. The van der Waals surface area contributed by atoms with Crippen LogP contribution < -0.4 is 5.43 Å². The molecule has 0 bridgehead atoms. The molecule has 0 aliphatic carbocycles. The van der Waals surface area contributed by atoms with Gasteiger partial charge < -0.3 is 25.0 Å². The Kier molecular flexibility index (Phi) is 7.25. The Hall–Kier alpha value is -2.37. The van der Waals surface area contributed by atoms with E-state index in [1.54, 1.807) is 13.8 Å². The van der Waals surface area contributed by atoms with Crippen LogP contribution in [0.25, 0.3) is 0 Å². The highest BCUT2D eigenvalue weighted by Crippen LogP contribution is 2.17. The molecule has 1 amide bonds. The molecule has 0 unspecified atom stereocenters. The number of carbonyl (C=O) groups is 1. The van der Waals surface area contributed by atoms with Crippen LogP contribution in [0.4, 0.5) is 4.79 Å². The molecule has 0 saturated carbocycles. The molecule has 0 aromatic carbocycles. The van der Waals surface area contributed by atoms with E-state index in [0.717, 1.165) is 0 Å². The summed E-state index contributed by atoms with van der Waals surface area (Å²) in [6, 6.07) is 0. The maximum absolute atomic E-state index is 11.1. The molecule has 1 heterocycles. The van der Waals surface area contributed by atoms with Gasteiger partial charge in [-0.1, -0.05) is 5.18 Å². The molecule has 128 valence electrons. The summed E-state index contributed by atoms with van der Waals surface area (Å²) in [5.41, 5.74) is 2.54. The van der Waals surface area contributed by atoms with Crippen molar-refractivity contribution >= 4 is 11.8 Å². The normalized spacial score (nSPS) is 15.6. The highest BCUT2D eigenvalue weighted by molar-refractivity contribution is 5.95. The van der Waals surface area contributed by atoms with E-state index in [1.807, 2.05) is 0 Å². The molecule has 11 nitrogen and oxygen atoms in total. The first-order valence-electron chi connectivity index (χ1n) is 6.76. The zero-order valence-electron chi connectivity index (χ0n) is 12.6. The minimum Gasteiger partial charge on any atom is -0.449 e. The number of aliphatic hydroxyl groups is 3. The monoisotopic (exact) mass is 329 g/mol. The summed E-state index contributed by atoms with van der Waals surface area (Å²) in [5, 5.41) is 35.3. The number of imidazole rings is 1. The van der Waals surface area contributed by atoms with Gasteiger partial charge in [-0.15, -0.1) is 0 Å². The Bertz CT molecular complexity index is 560. The second kappa shape index (κ2) is 8.92. The summed E-state index contributed by atoms with van der Waals surface area (Å²) in [7, 11) is 0. The fourth-order valence-electron chi connectivity index (χ4n) is 1.59. The van der Waals surface area contributed by atoms with E-state index in [2.05, 4.69) is 30.4 Å². The van der Waals surface area contributed by atoms with Gasteiger partial charge in [0.25, 0.3) is 0 Å². The number of amides is 1. The fraction of sp³-hybridized carbons (Fsp3) is 0.583. The van der Waals surface area contributed by atoms with E-state index in [-0.39, 0.29) is 18.1 Å². The van der Waals surface area contributed by atoms with Gasteiger partial charge in [0, 0.05) is 0 Å². The van der Waals surface area contributed by atoms with Crippen LogP contribution in [0, 0.1) is 4.91 Å². The average molecular weight is 329 g/mol. The second-order valence-electron chi connectivity index (χ2n) is 4.53. The van der Waals surface area contributed by atoms with Gasteiger partial charge in [-0.25, -0.2) is 15.2 Å². The Morgan fingerprint density at radius 3 is 2.78 bits per heavy atom. The van der Waals surface area contributed by atoms with Crippen molar-refractivity contribution in [1.82, 2.24) is 15.4 Å². The van der Waals surface area contributed by atoms with E-state index < -0.39 is 30.9 Å². The summed E-state index contributed by atoms with van der Waals surface area (Å²) >= 11 is 0. The lowest BCUT2D eigenvalue weighted by Gasteiger charge is -2.19. The zero-order chi connectivity index (χ0) is 17.4. The van der Waals surface area contributed by atoms with Crippen LogP contribution in [0.15, 0.2) is 16.5 Å². The molecule has 0 saturated heterocycles. The summed E-state index contributed by atoms with van der Waals surface area (Å²) in [6.07, 6.45) is -4.11. The van der Waals surface area contributed by atoms with Crippen LogP contribution in [-0.4, -0.2) is 62.5 Å². The number of hydrazone groups is 1. The van der Waals surface area contributed by atoms with Crippen molar-refractivity contribution < 1.29 is 24.9 Å². The minimum absolute atomic E-state index is 0.100. The molecule has 0 aliphatic heterocycles. The van der Waals surface area contributed by atoms with Crippen molar-refractivity contribution in [3.8, 4) is 0 Å². The molecule has 11 heteroatoms. The molecule has 0 fully saturated rings. The Morgan fingerprint density at radius 1 is 1.48 bits per heavy atom. The van der Waals surface area contributed by atoms with Gasteiger partial charge in [0.2, 0.25) is 0 Å². The summed E-state index contributed by atoms with van der Waals surface area (Å²) in [6.45, 7) is 2.84. The van der Waals surface area contributed by atoms with Crippen LogP contribution in [0.5, 0.6) is 0 Å². The number of nitroso groups, excluding NO2 is 1. The number of hydrogen-bond acceptors (Lipinski definition) is 9. The third-order valence-corrected chi connectivity index (χ3v) is 2.83. The standard InChI is InChI=1S/C12H19N5O6/c1-3-23-12(21)17-16-6(2)11-13-4-7(15-11)9(19)10(20)8(18)5-14-22/h4,8-10,18-20H,3,5H2,1-2H3,(H,13,15)(H,17,21)/b16-6+/t8-,9-,10-/m1/s1.